The molecule has 0 saturated heterocycles. The molecule has 3 rings (SSSR count). The zero-order chi connectivity index (χ0) is 21.0. The second-order valence-corrected chi connectivity index (χ2v) is 10.4. The molecule has 1 aromatic rings. The molecule has 0 aromatic heterocycles. The van der Waals surface area contributed by atoms with Crippen molar-refractivity contribution in [1.82, 2.24) is 5.32 Å². The van der Waals surface area contributed by atoms with Gasteiger partial charge >= 0.3 is 0 Å². The molecule has 0 bridgehead atoms. The summed E-state index contributed by atoms with van der Waals surface area (Å²) in [4.78, 5) is 26.4. The molecule has 1 unspecified atom stereocenters. The number of benzene rings is 1. The van der Waals surface area contributed by atoms with Crippen LogP contribution in [-0.2, 0) is 25.8 Å². The van der Waals surface area contributed by atoms with Crippen molar-refractivity contribution in [2.45, 2.75) is 88.6 Å². The molecule has 1 aliphatic heterocycles. The summed E-state index contributed by atoms with van der Waals surface area (Å²) >= 11 is 0. The van der Waals surface area contributed by atoms with E-state index in [-0.39, 0.29) is 41.0 Å². The first-order valence-corrected chi connectivity index (χ1v) is 12.4. The van der Waals surface area contributed by atoms with Crippen molar-refractivity contribution in [2.24, 2.45) is 0 Å². The van der Waals surface area contributed by atoms with Crippen molar-refractivity contribution >= 4 is 27.3 Å². The van der Waals surface area contributed by atoms with Gasteiger partial charge in [-0.15, -0.1) is 0 Å². The van der Waals surface area contributed by atoms with Crippen LogP contribution in [0, 0.1) is 0 Å². The van der Waals surface area contributed by atoms with Crippen molar-refractivity contribution in [3.05, 3.63) is 23.8 Å². The number of sulfone groups is 1. The van der Waals surface area contributed by atoms with Gasteiger partial charge in [-0.25, -0.2) is 8.42 Å². The standard InChI is InChI=1S/C22H32N2O4S/c1-3-22(26)24-16(2)14-17-15-19(10-11-20(17)24)29(27,28)13-12-21(25)23-18-8-6-4-5-7-9-18/h10-11,15-16,18H,3-9,12-14H2,1-2H3,(H,23,25). The molecule has 29 heavy (non-hydrogen) atoms. The first kappa shape index (κ1) is 21.8. The topological polar surface area (TPSA) is 83.6 Å². The summed E-state index contributed by atoms with van der Waals surface area (Å²) in [7, 11) is -3.55. The molecule has 1 aromatic carbocycles. The van der Waals surface area contributed by atoms with Gasteiger partial charge in [0.2, 0.25) is 11.8 Å². The van der Waals surface area contributed by atoms with Gasteiger partial charge in [-0.3, -0.25) is 9.59 Å². The lowest BCUT2D eigenvalue weighted by Gasteiger charge is -2.22. The largest absolute Gasteiger partial charge is 0.353 e. The van der Waals surface area contributed by atoms with Gasteiger partial charge in [-0.1, -0.05) is 32.6 Å². The molecule has 6 nitrogen and oxygen atoms in total. The van der Waals surface area contributed by atoms with E-state index < -0.39 is 9.84 Å². The van der Waals surface area contributed by atoms with Gasteiger partial charge in [0.05, 0.1) is 10.6 Å². The smallest absolute Gasteiger partial charge is 0.226 e. The van der Waals surface area contributed by atoms with Crippen LogP contribution in [0.4, 0.5) is 5.69 Å². The summed E-state index contributed by atoms with van der Waals surface area (Å²) in [6.07, 6.45) is 7.66. The molecular formula is C22H32N2O4S. The Bertz CT molecular complexity index is 858. The molecule has 0 spiro atoms. The van der Waals surface area contributed by atoms with Crippen molar-refractivity contribution in [3.8, 4) is 0 Å². The number of amides is 2. The van der Waals surface area contributed by atoms with Gasteiger partial charge in [0, 0.05) is 30.6 Å². The first-order chi connectivity index (χ1) is 13.8. The second kappa shape index (κ2) is 9.28. The van der Waals surface area contributed by atoms with Gasteiger partial charge in [0.25, 0.3) is 0 Å². The van der Waals surface area contributed by atoms with Crippen molar-refractivity contribution in [1.29, 1.82) is 0 Å². The van der Waals surface area contributed by atoms with Gasteiger partial charge in [0.1, 0.15) is 0 Å². The van der Waals surface area contributed by atoms with E-state index in [1.807, 2.05) is 13.8 Å². The fraction of sp³-hybridized carbons (Fsp3) is 0.636. The zero-order valence-electron chi connectivity index (χ0n) is 17.4. The summed E-state index contributed by atoms with van der Waals surface area (Å²) in [5.41, 5.74) is 1.68. The van der Waals surface area contributed by atoms with Gasteiger partial charge in [-0.2, -0.15) is 0 Å². The Hall–Kier alpha value is -1.89. The predicted molar refractivity (Wildman–Crippen MR) is 114 cm³/mol. The minimum absolute atomic E-state index is 0.0211. The van der Waals surface area contributed by atoms with Gasteiger partial charge in [-0.05, 0) is 49.9 Å². The Morgan fingerprint density at radius 3 is 2.48 bits per heavy atom. The van der Waals surface area contributed by atoms with Crippen LogP contribution in [0.5, 0.6) is 0 Å². The second-order valence-electron chi connectivity index (χ2n) is 8.29. The normalized spacial score (nSPS) is 20.2. The molecule has 1 atom stereocenters. The predicted octanol–water partition coefficient (Wildman–Crippen LogP) is 3.38. The molecule has 1 N–H and O–H groups in total. The number of rotatable bonds is 6. The third kappa shape index (κ3) is 5.18. The van der Waals surface area contributed by atoms with Gasteiger partial charge < -0.3 is 10.2 Å². The minimum Gasteiger partial charge on any atom is -0.353 e. The van der Waals surface area contributed by atoms with Crippen LogP contribution in [0.1, 0.15) is 70.8 Å². The van der Waals surface area contributed by atoms with Crippen LogP contribution in [-0.4, -0.2) is 38.1 Å². The average Bonchev–Trinajstić information content (AvgIpc) is 2.84. The lowest BCUT2D eigenvalue weighted by Crippen LogP contribution is -2.35. The molecule has 2 amide bonds. The summed E-state index contributed by atoms with van der Waals surface area (Å²) in [5, 5.41) is 3.01. The van der Waals surface area contributed by atoms with E-state index in [0.29, 0.717) is 12.8 Å². The molecule has 160 valence electrons. The Morgan fingerprint density at radius 2 is 1.83 bits per heavy atom. The number of carbonyl (C=O) groups is 2. The van der Waals surface area contributed by atoms with Crippen LogP contribution in [0.15, 0.2) is 23.1 Å². The monoisotopic (exact) mass is 420 g/mol. The van der Waals surface area contributed by atoms with E-state index in [4.69, 9.17) is 0 Å². The van der Waals surface area contributed by atoms with E-state index in [9.17, 15) is 18.0 Å². The molecule has 1 saturated carbocycles. The maximum atomic E-state index is 12.8. The lowest BCUT2D eigenvalue weighted by molar-refractivity contribution is -0.121. The van der Waals surface area contributed by atoms with E-state index in [2.05, 4.69) is 5.32 Å². The number of hydrogen-bond donors (Lipinski definition) is 1. The van der Waals surface area contributed by atoms with Crippen molar-refractivity contribution < 1.29 is 18.0 Å². The van der Waals surface area contributed by atoms with Crippen LogP contribution >= 0.6 is 0 Å². The van der Waals surface area contributed by atoms with E-state index in [1.165, 1.54) is 12.8 Å². The Labute approximate surface area is 174 Å². The Kier molecular flexibility index (Phi) is 6.98. The average molecular weight is 421 g/mol. The van der Waals surface area contributed by atoms with Crippen LogP contribution in [0.2, 0.25) is 0 Å². The maximum absolute atomic E-state index is 12.8. The van der Waals surface area contributed by atoms with Crippen molar-refractivity contribution in [2.75, 3.05) is 10.7 Å². The summed E-state index contributed by atoms with van der Waals surface area (Å²) in [6.45, 7) is 3.80. The minimum atomic E-state index is -3.55. The Balaban J connectivity index is 1.63. The van der Waals surface area contributed by atoms with Crippen LogP contribution in [0.3, 0.4) is 0 Å². The molecule has 0 radical (unpaired) electrons. The quantitative estimate of drug-likeness (QED) is 0.715. The molecule has 1 heterocycles. The van der Waals surface area contributed by atoms with Gasteiger partial charge in [0.15, 0.2) is 9.84 Å². The highest BCUT2D eigenvalue weighted by molar-refractivity contribution is 7.91. The number of carbonyl (C=O) groups excluding carboxylic acids is 2. The SMILES string of the molecule is CCC(=O)N1c2ccc(S(=O)(=O)CCC(=O)NC3CCCCCC3)cc2CC1C. The Morgan fingerprint density at radius 1 is 1.14 bits per heavy atom. The zero-order valence-corrected chi connectivity index (χ0v) is 18.3. The van der Waals surface area contributed by atoms with E-state index in [0.717, 1.165) is 36.9 Å². The number of fused-ring (bicyclic) bond motifs is 1. The summed E-state index contributed by atoms with van der Waals surface area (Å²) in [5.74, 6) is -0.339. The third-order valence-electron chi connectivity index (χ3n) is 6.01. The fourth-order valence-electron chi connectivity index (χ4n) is 4.42. The molecule has 2 aliphatic rings. The number of anilines is 1. The van der Waals surface area contributed by atoms with Crippen molar-refractivity contribution in [3.63, 3.8) is 0 Å². The fourth-order valence-corrected chi connectivity index (χ4v) is 5.71. The number of nitrogens with zero attached hydrogens (tertiary/aromatic N) is 1. The highest BCUT2D eigenvalue weighted by atomic mass is 32.2. The summed E-state index contributed by atoms with van der Waals surface area (Å²) in [6, 6.07) is 5.17. The third-order valence-corrected chi connectivity index (χ3v) is 7.73. The molecule has 7 heteroatoms. The molecular weight excluding hydrogens is 388 g/mol. The van der Waals surface area contributed by atoms with Crippen LogP contribution in [0.25, 0.3) is 0 Å². The first-order valence-electron chi connectivity index (χ1n) is 10.8. The van der Waals surface area contributed by atoms with Crippen LogP contribution < -0.4 is 10.2 Å². The van der Waals surface area contributed by atoms with E-state index >= 15 is 0 Å². The number of nitrogens with one attached hydrogen (secondary N) is 1. The van der Waals surface area contributed by atoms with E-state index in [1.54, 1.807) is 23.1 Å². The number of hydrogen-bond acceptors (Lipinski definition) is 4. The lowest BCUT2D eigenvalue weighted by atomic mass is 10.1. The highest BCUT2D eigenvalue weighted by Crippen LogP contribution is 2.34. The molecule has 1 fully saturated rings. The maximum Gasteiger partial charge on any atom is 0.226 e. The molecule has 1 aliphatic carbocycles. The highest BCUT2D eigenvalue weighted by Gasteiger charge is 2.31. The summed E-state index contributed by atoms with van der Waals surface area (Å²) < 4.78 is 25.6.